The van der Waals surface area contributed by atoms with E-state index in [1.807, 2.05) is 17.6 Å². The number of hydrogen-bond donors (Lipinski definition) is 1. The van der Waals surface area contributed by atoms with Crippen molar-refractivity contribution in [3.63, 3.8) is 0 Å². The molecule has 0 saturated carbocycles. The van der Waals surface area contributed by atoms with Gasteiger partial charge in [0.1, 0.15) is 0 Å². The fourth-order valence-corrected chi connectivity index (χ4v) is 2.30. The van der Waals surface area contributed by atoms with Crippen molar-refractivity contribution in [2.24, 2.45) is 0 Å². The Morgan fingerprint density at radius 3 is 3.06 bits per heavy atom. The van der Waals surface area contributed by atoms with E-state index in [-0.39, 0.29) is 0 Å². The highest BCUT2D eigenvalue weighted by molar-refractivity contribution is 14.1. The second-order valence-corrected chi connectivity index (χ2v) is 5.05. The predicted octanol–water partition coefficient (Wildman–Crippen LogP) is 2.65. The van der Waals surface area contributed by atoms with Crippen molar-refractivity contribution >= 4 is 39.6 Å². The molecule has 4 nitrogen and oxygen atoms in total. The van der Waals surface area contributed by atoms with Crippen molar-refractivity contribution in [3.8, 4) is 0 Å². The van der Waals surface area contributed by atoms with Gasteiger partial charge in [0.25, 0.3) is 0 Å². The van der Waals surface area contributed by atoms with E-state index in [1.165, 1.54) is 3.57 Å². The van der Waals surface area contributed by atoms with Crippen molar-refractivity contribution in [1.29, 1.82) is 0 Å². The number of fused-ring (bicyclic) bond motifs is 1. The molecule has 0 saturated heterocycles. The molecule has 1 aromatic heterocycles. The number of nitrogens with zero attached hydrogens (tertiary/aromatic N) is 2. The molecule has 17 heavy (non-hydrogen) atoms. The van der Waals surface area contributed by atoms with Crippen LogP contribution in [0.2, 0.25) is 0 Å². The first-order valence-electron chi connectivity index (χ1n) is 5.71. The summed E-state index contributed by atoms with van der Waals surface area (Å²) in [4.78, 5) is 4.37. The lowest BCUT2D eigenvalue weighted by molar-refractivity contribution is 0.142. The third-order valence-corrected chi connectivity index (χ3v) is 3.29. The lowest BCUT2D eigenvalue weighted by Gasteiger charge is -2.06. The molecule has 2 rings (SSSR count). The second-order valence-electron chi connectivity index (χ2n) is 3.81. The van der Waals surface area contributed by atoms with Crippen LogP contribution in [0.15, 0.2) is 18.2 Å². The molecule has 0 atom stereocenters. The SMILES string of the molecule is CCOCCCn1c(N)nc2cc(I)ccc21. The van der Waals surface area contributed by atoms with Gasteiger partial charge in [0, 0.05) is 23.3 Å². The number of aryl methyl sites for hydroxylation is 1. The minimum absolute atomic E-state index is 0.582. The Morgan fingerprint density at radius 2 is 2.29 bits per heavy atom. The van der Waals surface area contributed by atoms with E-state index >= 15 is 0 Å². The summed E-state index contributed by atoms with van der Waals surface area (Å²) >= 11 is 2.28. The number of imidazole rings is 1. The molecule has 1 aromatic carbocycles. The van der Waals surface area contributed by atoms with Crippen LogP contribution in [0.5, 0.6) is 0 Å². The van der Waals surface area contributed by atoms with E-state index < -0.39 is 0 Å². The lowest BCUT2D eigenvalue weighted by atomic mass is 10.3. The molecular formula is C12H16IN3O. The van der Waals surface area contributed by atoms with Crippen LogP contribution in [0.1, 0.15) is 13.3 Å². The van der Waals surface area contributed by atoms with E-state index in [0.29, 0.717) is 5.95 Å². The largest absolute Gasteiger partial charge is 0.382 e. The summed E-state index contributed by atoms with van der Waals surface area (Å²) in [5.41, 5.74) is 7.99. The van der Waals surface area contributed by atoms with Crippen molar-refractivity contribution in [2.45, 2.75) is 19.9 Å². The first-order chi connectivity index (χ1) is 8.22. The number of aromatic nitrogens is 2. The molecule has 1 heterocycles. The zero-order valence-corrected chi connectivity index (χ0v) is 12.0. The number of halogens is 1. The first-order valence-corrected chi connectivity index (χ1v) is 6.79. The summed E-state index contributed by atoms with van der Waals surface area (Å²) in [6.45, 7) is 4.38. The maximum Gasteiger partial charge on any atom is 0.201 e. The van der Waals surface area contributed by atoms with Crippen LogP contribution in [-0.4, -0.2) is 22.8 Å². The standard InChI is InChI=1S/C12H16IN3O/c1-2-17-7-3-6-16-11-5-4-9(13)8-10(11)15-12(16)14/h4-5,8H,2-3,6-7H2,1H3,(H2,14,15). The van der Waals surface area contributed by atoms with Gasteiger partial charge in [-0.15, -0.1) is 0 Å². The molecule has 0 fully saturated rings. The third-order valence-electron chi connectivity index (χ3n) is 2.61. The molecule has 0 aliphatic heterocycles. The number of benzene rings is 1. The van der Waals surface area contributed by atoms with Crippen LogP contribution in [0.3, 0.4) is 0 Å². The Kier molecular flexibility index (Phi) is 4.22. The lowest BCUT2D eigenvalue weighted by Crippen LogP contribution is -2.06. The van der Waals surface area contributed by atoms with Gasteiger partial charge in [0.15, 0.2) is 0 Å². The fourth-order valence-electron chi connectivity index (χ4n) is 1.83. The molecule has 0 radical (unpaired) electrons. The van der Waals surface area contributed by atoms with Crippen LogP contribution in [0, 0.1) is 3.57 Å². The van der Waals surface area contributed by atoms with Gasteiger partial charge in [-0.1, -0.05) is 0 Å². The van der Waals surface area contributed by atoms with Crippen molar-refractivity contribution in [3.05, 3.63) is 21.8 Å². The molecule has 2 aromatic rings. The fraction of sp³-hybridized carbons (Fsp3) is 0.417. The summed E-state index contributed by atoms with van der Waals surface area (Å²) in [7, 11) is 0. The molecule has 92 valence electrons. The van der Waals surface area contributed by atoms with Crippen molar-refractivity contribution in [1.82, 2.24) is 9.55 Å². The van der Waals surface area contributed by atoms with E-state index in [9.17, 15) is 0 Å². The van der Waals surface area contributed by atoms with E-state index in [0.717, 1.165) is 37.2 Å². The van der Waals surface area contributed by atoms with Gasteiger partial charge >= 0.3 is 0 Å². The summed E-state index contributed by atoms with van der Waals surface area (Å²) in [5.74, 6) is 0.582. The number of nitrogens with two attached hydrogens (primary N) is 1. The van der Waals surface area contributed by atoms with E-state index in [2.05, 4.69) is 39.7 Å². The zero-order chi connectivity index (χ0) is 12.3. The Balaban J connectivity index is 2.18. The normalized spacial score (nSPS) is 11.2. The van der Waals surface area contributed by atoms with Gasteiger partial charge in [-0.05, 0) is 54.1 Å². The minimum atomic E-state index is 0.582. The molecule has 0 amide bonds. The average molecular weight is 345 g/mol. The van der Waals surface area contributed by atoms with Gasteiger partial charge in [0.05, 0.1) is 11.0 Å². The van der Waals surface area contributed by atoms with Crippen LogP contribution in [0.4, 0.5) is 5.95 Å². The van der Waals surface area contributed by atoms with Crippen molar-refractivity contribution in [2.75, 3.05) is 18.9 Å². The Bertz CT molecular complexity index is 510. The molecule has 0 aliphatic rings. The zero-order valence-electron chi connectivity index (χ0n) is 9.82. The Labute approximate surface area is 114 Å². The average Bonchev–Trinajstić information content (AvgIpc) is 2.60. The van der Waals surface area contributed by atoms with Gasteiger partial charge in [-0.3, -0.25) is 0 Å². The minimum Gasteiger partial charge on any atom is -0.382 e. The highest BCUT2D eigenvalue weighted by atomic mass is 127. The number of anilines is 1. The number of ether oxygens (including phenoxy) is 1. The second kappa shape index (κ2) is 5.68. The number of nitrogen functional groups attached to an aromatic ring is 1. The highest BCUT2D eigenvalue weighted by Gasteiger charge is 2.07. The van der Waals surface area contributed by atoms with Gasteiger partial charge in [0.2, 0.25) is 5.95 Å². The molecule has 0 aliphatic carbocycles. The quantitative estimate of drug-likeness (QED) is 0.670. The summed E-state index contributed by atoms with van der Waals surface area (Å²) in [6.07, 6.45) is 0.954. The molecular weight excluding hydrogens is 329 g/mol. The van der Waals surface area contributed by atoms with Gasteiger partial charge in [-0.25, -0.2) is 4.98 Å². The van der Waals surface area contributed by atoms with Crippen LogP contribution in [0.25, 0.3) is 11.0 Å². The predicted molar refractivity (Wildman–Crippen MR) is 78.0 cm³/mol. The van der Waals surface area contributed by atoms with Crippen LogP contribution >= 0.6 is 22.6 Å². The molecule has 0 spiro atoms. The molecule has 5 heteroatoms. The number of hydrogen-bond acceptors (Lipinski definition) is 3. The van der Waals surface area contributed by atoms with Gasteiger partial charge in [-0.2, -0.15) is 0 Å². The van der Waals surface area contributed by atoms with Crippen LogP contribution in [-0.2, 0) is 11.3 Å². The summed E-state index contributed by atoms with van der Waals surface area (Å²) < 4.78 is 8.55. The van der Waals surface area contributed by atoms with E-state index in [1.54, 1.807) is 0 Å². The molecule has 0 bridgehead atoms. The Morgan fingerprint density at radius 1 is 1.47 bits per heavy atom. The maximum atomic E-state index is 5.93. The molecule has 2 N–H and O–H groups in total. The van der Waals surface area contributed by atoms with Gasteiger partial charge < -0.3 is 15.0 Å². The number of rotatable bonds is 5. The highest BCUT2D eigenvalue weighted by Crippen LogP contribution is 2.20. The third kappa shape index (κ3) is 2.90. The monoisotopic (exact) mass is 345 g/mol. The first kappa shape index (κ1) is 12.6. The van der Waals surface area contributed by atoms with Crippen LogP contribution < -0.4 is 5.73 Å². The molecule has 0 unspecified atom stereocenters. The van der Waals surface area contributed by atoms with E-state index in [4.69, 9.17) is 10.5 Å². The van der Waals surface area contributed by atoms with Crippen molar-refractivity contribution < 1.29 is 4.74 Å². The smallest absolute Gasteiger partial charge is 0.201 e. The summed E-state index contributed by atoms with van der Waals surface area (Å²) in [5, 5.41) is 0. The summed E-state index contributed by atoms with van der Waals surface area (Å²) in [6, 6.07) is 6.19. The Hall–Kier alpha value is -0.820. The maximum absolute atomic E-state index is 5.93. The topological polar surface area (TPSA) is 53.1 Å².